The van der Waals surface area contributed by atoms with Crippen molar-refractivity contribution >= 4 is 11.5 Å². The number of methoxy groups -OCH3 is 1. The van der Waals surface area contributed by atoms with Gasteiger partial charge in [0.05, 0.1) is 6.61 Å². The van der Waals surface area contributed by atoms with E-state index in [0.29, 0.717) is 24.0 Å². The van der Waals surface area contributed by atoms with Crippen LogP contribution in [0.1, 0.15) is 13.8 Å². The maximum Gasteiger partial charge on any atom is 0.259 e. The molecule has 0 aliphatic rings. The molecule has 0 saturated heterocycles. The van der Waals surface area contributed by atoms with E-state index in [9.17, 15) is 4.79 Å². The number of aromatic nitrogens is 2. The fourth-order valence-corrected chi connectivity index (χ4v) is 2.14. The van der Waals surface area contributed by atoms with Crippen LogP contribution in [-0.2, 0) is 4.74 Å². The predicted octanol–water partition coefficient (Wildman–Crippen LogP) is 1.80. The Kier molecular flexibility index (Phi) is 4.74. The van der Waals surface area contributed by atoms with E-state index in [4.69, 9.17) is 4.74 Å². The average Bonchev–Trinajstić information content (AvgIpc) is 2.43. The van der Waals surface area contributed by atoms with Crippen molar-refractivity contribution in [2.75, 3.05) is 31.7 Å². The van der Waals surface area contributed by atoms with Gasteiger partial charge in [-0.05, 0) is 18.1 Å². The quantitative estimate of drug-likeness (QED) is 0.806. The van der Waals surface area contributed by atoms with Gasteiger partial charge in [0.2, 0.25) is 0 Å². The van der Waals surface area contributed by atoms with Gasteiger partial charge < -0.3 is 9.64 Å². The van der Waals surface area contributed by atoms with Gasteiger partial charge in [0.25, 0.3) is 5.56 Å². The number of anilines is 1. The average molecular weight is 275 g/mol. The second kappa shape index (κ2) is 6.52. The zero-order chi connectivity index (χ0) is 14.5. The van der Waals surface area contributed by atoms with Crippen LogP contribution < -0.4 is 10.5 Å². The minimum atomic E-state index is -0.0585. The number of nitrogens with zero attached hydrogens (tertiary/aromatic N) is 3. The van der Waals surface area contributed by atoms with Crippen molar-refractivity contribution in [3.63, 3.8) is 0 Å². The van der Waals surface area contributed by atoms with Crippen molar-refractivity contribution < 1.29 is 4.74 Å². The largest absolute Gasteiger partial charge is 0.383 e. The van der Waals surface area contributed by atoms with Gasteiger partial charge in [-0.15, -0.1) is 0 Å². The van der Waals surface area contributed by atoms with E-state index in [1.807, 2.05) is 18.2 Å². The summed E-state index contributed by atoms with van der Waals surface area (Å²) in [5, 5.41) is 0. The molecule has 5 heteroatoms. The molecule has 2 aromatic rings. The van der Waals surface area contributed by atoms with Crippen molar-refractivity contribution in [3.8, 4) is 0 Å². The number of hydrogen-bond donors (Lipinski definition) is 0. The molecular weight excluding hydrogens is 254 g/mol. The van der Waals surface area contributed by atoms with Crippen LogP contribution in [-0.4, -0.2) is 36.2 Å². The summed E-state index contributed by atoms with van der Waals surface area (Å²) >= 11 is 0. The van der Waals surface area contributed by atoms with Gasteiger partial charge in [0.1, 0.15) is 11.5 Å². The Bertz CT molecular complexity index is 622. The van der Waals surface area contributed by atoms with E-state index < -0.39 is 0 Å². The Morgan fingerprint density at radius 3 is 2.90 bits per heavy atom. The van der Waals surface area contributed by atoms with Gasteiger partial charge in [-0.2, -0.15) is 0 Å². The molecular formula is C15H21N3O2. The summed E-state index contributed by atoms with van der Waals surface area (Å²) in [7, 11) is 1.68. The summed E-state index contributed by atoms with van der Waals surface area (Å²) in [6.07, 6.45) is 1.73. The molecule has 0 saturated carbocycles. The van der Waals surface area contributed by atoms with Crippen LogP contribution in [0.2, 0.25) is 0 Å². The molecule has 2 heterocycles. The molecule has 0 aliphatic carbocycles. The van der Waals surface area contributed by atoms with Gasteiger partial charge in [0, 0.05) is 32.5 Å². The van der Waals surface area contributed by atoms with Crippen molar-refractivity contribution in [1.29, 1.82) is 0 Å². The maximum absolute atomic E-state index is 12.1. The summed E-state index contributed by atoms with van der Waals surface area (Å²) < 4.78 is 6.69. The molecule has 0 aliphatic heterocycles. The second-order valence-corrected chi connectivity index (χ2v) is 5.21. The maximum atomic E-state index is 12.1. The first-order chi connectivity index (χ1) is 9.61. The highest BCUT2D eigenvalue weighted by Gasteiger charge is 2.12. The predicted molar refractivity (Wildman–Crippen MR) is 80.4 cm³/mol. The molecule has 0 unspecified atom stereocenters. The third-order valence-corrected chi connectivity index (χ3v) is 3.03. The second-order valence-electron chi connectivity index (χ2n) is 5.21. The molecule has 20 heavy (non-hydrogen) atoms. The minimum absolute atomic E-state index is 0.0585. The van der Waals surface area contributed by atoms with E-state index in [1.54, 1.807) is 23.8 Å². The van der Waals surface area contributed by atoms with E-state index in [1.165, 1.54) is 0 Å². The Labute approximate surface area is 118 Å². The molecule has 0 aromatic carbocycles. The molecule has 5 nitrogen and oxygen atoms in total. The summed E-state index contributed by atoms with van der Waals surface area (Å²) in [4.78, 5) is 18.8. The van der Waals surface area contributed by atoms with Gasteiger partial charge in [-0.3, -0.25) is 9.20 Å². The molecule has 0 fully saturated rings. The Balaban J connectivity index is 2.39. The van der Waals surface area contributed by atoms with Crippen LogP contribution in [0.15, 0.2) is 35.3 Å². The molecule has 108 valence electrons. The Morgan fingerprint density at radius 1 is 1.40 bits per heavy atom. The molecule has 0 amide bonds. The highest BCUT2D eigenvalue weighted by Crippen LogP contribution is 2.12. The smallest absolute Gasteiger partial charge is 0.259 e. The van der Waals surface area contributed by atoms with Crippen LogP contribution in [0.25, 0.3) is 5.65 Å². The van der Waals surface area contributed by atoms with Crippen molar-refractivity contribution in [2.24, 2.45) is 5.92 Å². The number of pyridine rings is 1. The first-order valence-corrected chi connectivity index (χ1v) is 6.84. The topological polar surface area (TPSA) is 46.8 Å². The molecule has 0 radical (unpaired) electrons. The summed E-state index contributed by atoms with van der Waals surface area (Å²) in [6, 6.07) is 7.14. The molecule has 2 rings (SSSR count). The Morgan fingerprint density at radius 2 is 2.20 bits per heavy atom. The lowest BCUT2D eigenvalue weighted by Gasteiger charge is -2.25. The van der Waals surface area contributed by atoms with Crippen LogP contribution in [0, 0.1) is 5.92 Å². The SMILES string of the molecule is COCCN(CC(C)C)c1cc(=O)n2ccccc2n1. The van der Waals surface area contributed by atoms with Crippen LogP contribution >= 0.6 is 0 Å². The lowest BCUT2D eigenvalue weighted by atomic mass is 10.2. The van der Waals surface area contributed by atoms with Gasteiger partial charge in [-0.1, -0.05) is 19.9 Å². The zero-order valence-electron chi connectivity index (χ0n) is 12.2. The van der Waals surface area contributed by atoms with Gasteiger partial charge in [0.15, 0.2) is 0 Å². The normalized spacial score (nSPS) is 11.2. The van der Waals surface area contributed by atoms with E-state index in [0.717, 1.165) is 13.1 Å². The van der Waals surface area contributed by atoms with E-state index >= 15 is 0 Å². The van der Waals surface area contributed by atoms with Crippen LogP contribution in [0.4, 0.5) is 5.82 Å². The number of hydrogen-bond acceptors (Lipinski definition) is 4. The van der Waals surface area contributed by atoms with Crippen LogP contribution in [0.3, 0.4) is 0 Å². The zero-order valence-corrected chi connectivity index (χ0v) is 12.2. The molecule has 0 bridgehead atoms. The first kappa shape index (κ1) is 14.5. The number of fused-ring (bicyclic) bond motifs is 1. The standard InChI is InChI=1S/C15H21N3O2/c1-12(2)11-17(8-9-20-3)14-10-15(19)18-7-5-4-6-13(18)16-14/h4-7,10,12H,8-9,11H2,1-3H3. The van der Waals surface area contributed by atoms with Gasteiger partial charge in [-0.25, -0.2) is 4.98 Å². The van der Waals surface area contributed by atoms with Crippen molar-refractivity contribution in [1.82, 2.24) is 9.38 Å². The van der Waals surface area contributed by atoms with E-state index in [2.05, 4.69) is 23.7 Å². The van der Waals surface area contributed by atoms with Crippen LogP contribution in [0.5, 0.6) is 0 Å². The third-order valence-electron chi connectivity index (χ3n) is 3.03. The highest BCUT2D eigenvalue weighted by atomic mass is 16.5. The highest BCUT2D eigenvalue weighted by molar-refractivity contribution is 5.48. The minimum Gasteiger partial charge on any atom is -0.383 e. The molecule has 2 aromatic heterocycles. The Hall–Kier alpha value is -1.88. The van der Waals surface area contributed by atoms with Crippen molar-refractivity contribution in [2.45, 2.75) is 13.8 Å². The fourth-order valence-electron chi connectivity index (χ4n) is 2.14. The summed E-state index contributed by atoms with van der Waals surface area (Å²) in [6.45, 7) is 6.48. The van der Waals surface area contributed by atoms with Gasteiger partial charge >= 0.3 is 0 Å². The molecule has 0 atom stereocenters. The monoisotopic (exact) mass is 275 g/mol. The fraction of sp³-hybridized carbons (Fsp3) is 0.467. The summed E-state index contributed by atoms with van der Waals surface area (Å²) in [5.41, 5.74) is 0.609. The third kappa shape index (κ3) is 3.36. The lowest BCUT2D eigenvalue weighted by Crippen LogP contribution is -2.33. The number of rotatable bonds is 6. The van der Waals surface area contributed by atoms with E-state index in [-0.39, 0.29) is 5.56 Å². The number of ether oxygens (including phenoxy) is 1. The molecule has 0 spiro atoms. The van der Waals surface area contributed by atoms with Crippen molar-refractivity contribution in [3.05, 3.63) is 40.8 Å². The molecule has 0 N–H and O–H groups in total. The summed E-state index contributed by atoms with van der Waals surface area (Å²) in [5.74, 6) is 1.20. The first-order valence-electron chi connectivity index (χ1n) is 6.84. The lowest BCUT2D eigenvalue weighted by molar-refractivity contribution is 0.204.